The Morgan fingerprint density at radius 2 is 1.79 bits per heavy atom. The van der Waals surface area contributed by atoms with Gasteiger partial charge in [-0.15, -0.1) is 0 Å². The van der Waals surface area contributed by atoms with Gasteiger partial charge in [-0.05, 0) is 44.9 Å². The minimum absolute atomic E-state index is 0.0104. The highest BCUT2D eigenvalue weighted by Crippen LogP contribution is 2.03. The molecular weight excluding hydrogens is 332 g/mol. The summed E-state index contributed by atoms with van der Waals surface area (Å²) in [5.41, 5.74) is 10.8. The minimum atomic E-state index is -1.15. The Morgan fingerprint density at radius 3 is 2.33 bits per heavy atom. The van der Waals surface area contributed by atoms with Crippen molar-refractivity contribution in [2.24, 2.45) is 11.5 Å². The van der Waals surface area contributed by atoms with E-state index in [1.54, 1.807) is 0 Å². The van der Waals surface area contributed by atoms with E-state index < -0.39 is 24.0 Å². The first-order valence-electron chi connectivity index (χ1n) is 8.20. The van der Waals surface area contributed by atoms with Crippen molar-refractivity contribution < 1.29 is 19.5 Å². The molecule has 0 fully saturated rings. The molecule has 0 rings (SSSR count). The minimum Gasteiger partial charge on any atom is -0.480 e. The lowest BCUT2D eigenvalue weighted by Gasteiger charge is -2.21. The first-order valence-corrected chi connectivity index (χ1v) is 8.84. The molecule has 140 valence electrons. The van der Waals surface area contributed by atoms with Crippen molar-refractivity contribution in [3.8, 4) is 0 Å². The number of unbranched alkanes of at least 4 members (excludes halogenated alkanes) is 1. The molecule has 0 heterocycles. The SMILES string of the molecule is CC(CCCCN)NC(=O)C(CCS)NC(=O)CCC(N)C(=O)O. The van der Waals surface area contributed by atoms with Crippen LogP contribution in [0.5, 0.6) is 0 Å². The second-order valence-electron chi connectivity index (χ2n) is 5.81. The van der Waals surface area contributed by atoms with Gasteiger partial charge in [0.15, 0.2) is 0 Å². The number of thiol groups is 1. The number of nitrogens with one attached hydrogen (secondary N) is 2. The molecule has 0 aliphatic heterocycles. The molecular formula is C15H30N4O4S. The lowest BCUT2D eigenvalue weighted by molar-refractivity contribution is -0.139. The standard InChI is InChI=1S/C15H30N4O4S/c1-10(4-2-3-8-16)18-14(21)12(7-9-24)19-13(20)6-5-11(17)15(22)23/h10-12,24H,2-9,16-17H2,1H3,(H,18,21)(H,19,20)(H,22,23). The topological polar surface area (TPSA) is 148 Å². The Kier molecular flexibility index (Phi) is 12.3. The summed E-state index contributed by atoms with van der Waals surface area (Å²) < 4.78 is 0. The number of carbonyl (C=O) groups is 3. The fraction of sp³-hybridized carbons (Fsp3) is 0.800. The highest BCUT2D eigenvalue weighted by Gasteiger charge is 2.22. The largest absolute Gasteiger partial charge is 0.480 e. The van der Waals surface area contributed by atoms with Crippen LogP contribution < -0.4 is 22.1 Å². The first kappa shape index (κ1) is 22.7. The van der Waals surface area contributed by atoms with E-state index in [4.69, 9.17) is 16.6 Å². The van der Waals surface area contributed by atoms with Crippen molar-refractivity contribution in [3.05, 3.63) is 0 Å². The van der Waals surface area contributed by atoms with E-state index in [0.29, 0.717) is 18.7 Å². The monoisotopic (exact) mass is 362 g/mol. The number of rotatable bonds is 13. The van der Waals surface area contributed by atoms with Gasteiger partial charge in [0.2, 0.25) is 11.8 Å². The molecule has 0 aromatic rings. The molecule has 24 heavy (non-hydrogen) atoms. The zero-order valence-electron chi connectivity index (χ0n) is 14.2. The fourth-order valence-electron chi connectivity index (χ4n) is 2.08. The predicted octanol–water partition coefficient (Wildman–Crippen LogP) is -0.383. The van der Waals surface area contributed by atoms with Crippen LogP contribution in [0.2, 0.25) is 0 Å². The van der Waals surface area contributed by atoms with Crippen molar-refractivity contribution in [3.63, 3.8) is 0 Å². The fourth-order valence-corrected chi connectivity index (χ4v) is 2.34. The van der Waals surface area contributed by atoms with Crippen molar-refractivity contribution >= 4 is 30.4 Å². The van der Waals surface area contributed by atoms with E-state index in [-0.39, 0.29) is 24.8 Å². The molecule has 0 saturated carbocycles. The van der Waals surface area contributed by atoms with Gasteiger partial charge >= 0.3 is 5.97 Å². The molecule has 0 radical (unpaired) electrons. The molecule has 0 spiro atoms. The third-order valence-electron chi connectivity index (χ3n) is 3.55. The van der Waals surface area contributed by atoms with Gasteiger partial charge in [0.05, 0.1) is 0 Å². The first-order chi connectivity index (χ1) is 11.3. The lowest BCUT2D eigenvalue weighted by Crippen LogP contribution is -2.49. The molecule has 0 aromatic heterocycles. The number of hydrogen-bond donors (Lipinski definition) is 6. The average molecular weight is 362 g/mol. The summed E-state index contributed by atoms with van der Waals surface area (Å²) >= 11 is 4.11. The maximum absolute atomic E-state index is 12.3. The van der Waals surface area contributed by atoms with Crippen LogP contribution in [0.3, 0.4) is 0 Å². The number of amides is 2. The highest BCUT2D eigenvalue weighted by molar-refractivity contribution is 7.80. The summed E-state index contributed by atoms with van der Waals surface area (Å²) in [5, 5.41) is 14.2. The number of nitrogens with two attached hydrogens (primary N) is 2. The van der Waals surface area contributed by atoms with E-state index in [2.05, 4.69) is 23.3 Å². The van der Waals surface area contributed by atoms with Crippen molar-refractivity contribution in [1.29, 1.82) is 0 Å². The smallest absolute Gasteiger partial charge is 0.320 e. The van der Waals surface area contributed by atoms with Crippen molar-refractivity contribution in [1.82, 2.24) is 10.6 Å². The molecule has 3 atom stereocenters. The Bertz CT molecular complexity index is 409. The van der Waals surface area contributed by atoms with E-state index in [1.165, 1.54) is 0 Å². The van der Waals surface area contributed by atoms with Gasteiger partial charge in [0, 0.05) is 12.5 Å². The molecule has 0 aromatic carbocycles. The van der Waals surface area contributed by atoms with E-state index in [0.717, 1.165) is 19.3 Å². The molecule has 2 amide bonds. The summed E-state index contributed by atoms with van der Waals surface area (Å²) in [6.07, 6.45) is 3.01. The quantitative estimate of drug-likeness (QED) is 0.194. The molecule has 0 aliphatic rings. The van der Waals surface area contributed by atoms with Gasteiger partial charge < -0.3 is 27.2 Å². The lowest BCUT2D eigenvalue weighted by atomic mass is 10.1. The van der Waals surface area contributed by atoms with E-state index in [9.17, 15) is 14.4 Å². The predicted molar refractivity (Wildman–Crippen MR) is 95.8 cm³/mol. The summed E-state index contributed by atoms with van der Waals surface area (Å²) in [4.78, 5) is 34.8. The Labute approximate surface area is 148 Å². The summed E-state index contributed by atoms with van der Waals surface area (Å²) in [5.74, 6) is -1.38. The molecule has 3 unspecified atom stereocenters. The van der Waals surface area contributed by atoms with E-state index >= 15 is 0 Å². The average Bonchev–Trinajstić information content (AvgIpc) is 2.52. The Morgan fingerprint density at radius 1 is 1.12 bits per heavy atom. The van der Waals surface area contributed by atoms with Crippen LogP contribution in [0.4, 0.5) is 0 Å². The Balaban J connectivity index is 4.37. The highest BCUT2D eigenvalue weighted by atomic mass is 32.1. The van der Waals surface area contributed by atoms with Crippen LogP contribution in [0, 0.1) is 0 Å². The van der Waals surface area contributed by atoms with Crippen LogP contribution in [-0.4, -0.2) is 53.3 Å². The molecule has 0 saturated heterocycles. The Hall–Kier alpha value is -1.32. The molecule has 8 nitrogen and oxygen atoms in total. The number of hydrogen-bond acceptors (Lipinski definition) is 6. The van der Waals surface area contributed by atoms with Crippen molar-refractivity contribution in [2.75, 3.05) is 12.3 Å². The van der Waals surface area contributed by atoms with Gasteiger partial charge in [-0.3, -0.25) is 14.4 Å². The van der Waals surface area contributed by atoms with Gasteiger partial charge in [0.25, 0.3) is 0 Å². The number of aliphatic carboxylic acids is 1. The molecule has 0 aliphatic carbocycles. The zero-order chi connectivity index (χ0) is 18.5. The number of carboxylic acid groups (broad SMARTS) is 1. The maximum atomic E-state index is 12.3. The zero-order valence-corrected chi connectivity index (χ0v) is 15.1. The molecule has 0 bridgehead atoms. The van der Waals surface area contributed by atoms with Gasteiger partial charge in [-0.1, -0.05) is 6.42 Å². The van der Waals surface area contributed by atoms with Crippen LogP contribution in [0.25, 0.3) is 0 Å². The van der Waals surface area contributed by atoms with Gasteiger partial charge in [-0.25, -0.2) is 0 Å². The summed E-state index contributed by atoms with van der Waals surface area (Å²) in [7, 11) is 0. The van der Waals surface area contributed by atoms with Gasteiger partial charge in [-0.2, -0.15) is 12.6 Å². The van der Waals surface area contributed by atoms with Crippen LogP contribution >= 0.6 is 12.6 Å². The van der Waals surface area contributed by atoms with E-state index in [1.807, 2.05) is 6.92 Å². The summed E-state index contributed by atoms with van der Waals surface area (Å²) in [6.45, 7) is 2.53. The van der Waals surface area contributed by atoms with Crippen LogP contribution in [0.1, 0.15) is 45.4 Å². The second-order valence-corrected chi connectivity index (χ2v) is 6.26. The maximum Gasteiger partial charge on any atom is 0.320 e. The second kappa shape index (κ2) is 13.0. The third kappa shape index (κ3) is 10.5. The molecule has 7 N–H and O–H groups in total. The number of carbonyl (C=O) groups excluding carboxylic acids is 2. The van der Waals surface area contributed by atoms with Crippen LogP contribution in [0.15, 0.2) is 0 Å². The third-order valence-corrected chi connectivity index (χ3v) is 3.81. The summed E-state index contributed by atoms with van der Waals surface area (Å²) in [6, 6.07) is -1.78. The normalized spacial score (nSPS) is 14.5. The molecule has 9 heteroatoms. The van der Waals surface area contributed by atoms with Crippen molar-refractivity contribution in [2.45, 2.75) is 63.6 Å². The van der Waals surface area contributed by atoms with Gasteiger partial charge in [0.1, 0.15) is 12.1 Å². The number of carboxylic acids is 1. The van der Waals surface area contributed by atoms with Crippen LogP contribution in [-0.2, 0) is 14.4 Å².